The molecule has 0 fully saturated rings. The molecule has 8 aromatic carbocycles. The topological polar surface area (TPSA) is 0 Å². The molecule has 0 saturated carbocycles. The van der Waals surface area contributed by atoms with Crippen molar-refractivity contribution in [3.05, 3.63) is 197 Å². The second-order valence-corrected chi connectivity index (χ2v) is 13.0. The Morgan fingerprint density at radius 3 is 1.62 bits per heavy atom. The van der Waals surface area contributed by atoms with E-state index in [4.69, 9.17) is 0 Å². The summed E-state index contributed by atoms with van der Waals surface area (Å²) < 4.78 is 30.9. The Kier molecular flexibility index (Phi) is 5.49. The summed E-state index contributed by atoms with van der Waals surface area (Å²) in [6.45, 7) is 0. The van der Waals surface area contributed by atoms with Gasteiger partial charge in [0, 0.05) is 11.8 Å². The highest BCUT2D eigenvalue weighted by atomic mass is 19.2. The highest BCUT2D eigenvalue weighted by Crippen LogP contribution is 2.63. The van der Waals surface area contributed by atoms with Crippen molar-refractivity contribution in [3.8, 4) is 0 Å². The van der Waals surface area contributed by atoms with Crippen LogP contribution in [0.5, 0.6) is 0 Å². The van der Waals surface area contributed by atoms with E-state index < -0.39 is 17.0 Å². The van der Waals surface area contributed by atoms with Gasteiger partial charge in [-0.3, -0.25) is 0 Å². The third-order valence-corrected chi connectivity index (χ3v) is 10.9. The van der Waals surface area contributed by atoms with Crippen LogP contribution < -0.4 is 0 Å². The summed E-state index contributed by atoms with van der Waals surface area (Å²) in [6, 6.07) is 50.1. The van der Waals surface area contributed by atoms with Crippen molar-refractivity contribution in [1.82, 2.24) is 0 Å². The number of hydrogen-bond donors (Lipinski definition) is 0. The first-order chi connectivity index (χ1) is 23.2. The Labute approximate surface area is 271 Å². The van der Waals surface area contributed by atoms with Crippen molar-refractivity contribution in [1.29, 1.82) is 0 Å². The zero-order valence-corrected chi connectivity index (χ0v) is 25.4. The molecule has 10 rings (SSSR count). The molecular formula is C45H28F2. The van der Waals surface area contributed by atoms with Gasteiger partial charge in [-0.15, -0.1) is 0 Å². The molecule has 0 saturated heterocycles. The van der Waals surface area contributed by atoms with Crippen LogP contribution in [0.4, 0.5) is 8.78 Å². The van der Waals surface area contributed by atoms with Crippen molar-refractivity contribution in [3.63, 3.8) is 0 Å². The van der Waals surface area contributed by atoms with Crippen LogP contribution in [0.25, 0.3) is 49.2 Å². The molecule has 0 radical (unpaired) electrons. The summed E-state index contributed by atoms with van der Waals surface area (Å²) in [5, 5.41) is 8.03. The smallest absolute Gasteiger partial charge is 0.159 e. The SMILES string of the molecule is Fc1cc2c3c(c4c5ccccc5c5ccccc5c4c2cc1F)C=CC1C3c2ccccc2C1(c1ccccc1)c1ccccc1. The van der Waals surface area contributed by atoms with E-state index in [-0.39, 0.29) is 11.8 Å². The average Bonchev–Trinajstić information content (AvgIpc) is 3.44. The van der Waals surface area contributed by atoms with Gasteiger partial charge in [0.2, 0.25) is 0 Å². The molecule has 0 bridgehead atoms. The molecule has 2 atom stereocenters. The fourth-order valence-electron chi connectivity index (χ4n) is 9.27. The lowest BCUT2D eigenvalue weighted by molar-refractivity contribution is 0.453. The summed E-state index contributed by atoms with van der Waals surface area (Å²) >= 11 is 0. The Balaban J connectivity index is 1.43. The standard InChI is InChI=1S/C45H28F2/c46-39-25-35-36(26-40(39)47)43-34(41-31-19-9-7-17-29(31)30-18-8-10-20-32(30)42(35)41)23-24-38-44(43)33-21-11-12-22-37(33)45(38,27-13-3-1-4-14-27)28-15-5-2-6-16-28/h1-26,38,44H. The minimum absolute atomic E-state index is 0.00214. The molecule has 2 unspecified atom stereocenters. The van der Waals surface area contributed by atoms with E-state index in [0.29, 0.717) is 0 Å². The van der Waals surface area contributed by atoms with E-state index in [1.54, 1.807) is 0 Å². The van der Waals surface area contributed by atoms with E-state index in [9.17, 15) is 0 Å². The minimum Gasteiger partial charge on any atom is -0.204 e. The molecule has 0 spiro atoms. The average molecular weight is 607 g/mol. The maximum Gasteiger partial charge on any atom is 0.159 e. The monoisotopic (exact) mass is 606 g/mol. The first-order valence-electron chi connectivity index (χ1n) is 16.2. The van der Waals surface area contributed by atoms with Gasteiger partial charge >= 0.3 is 0 Å². The minimum atomic E-state index is -0.825. The van der Waals surface area contributed by atoms with Crippen LogP contribution in [0.2, 0.25) is 0 Å². The molecule has 0 nitrogen and oxygen atoms in total. The Hall–Kier alpha value is -5.60. The lowest BCUT2D eigenvalue weighted by Crippen LogP contribution is -2.35. The lowest BCUT2D eigenvalue weighted by atomic mass is 9.61. The van der Waals surface area contributed by atoms with Gasteiger partial charge in [0.25, 0.3) is 0 Å². The van der Waals surface area contributed by atoms with E-state index in [1.807, 2.05) is 12.1 Å². The number of rotatable bonds is 2. The molecule has 222 valence electrons. The third kappa shape index (κ3) is 3.40. The van der Waals surface area contributed by atoms with Crippen molar-refractivity contribution in [2.45, 2.75) is 11.3 Å². The van der Waals surface area contributed by atoms with Gasteiger partial charge in [0.05, 0.1) is 5.41 Å². The van der Waals surface area contributed by atoms with Crippen molar-refractivity contribution >= 4 is 49.2 Å². The molecule has 0 aromatic heterocycles. The molecule has 0 N–H and O–H groups in total. The van der Waals surface area contributed by atoms with E-state index >= 15 is 8.78 Å². The predicted molar refractivity (Wildman–Crippen MR) is 190 cm³/mol. The number of halogens is 2. The Morgan fingerprint density at radius 1 is 0.468 bits per heavy atom. The van der Waals surface area contributed by atoms with Gasteiger partial charge in [-0.2, -0.15) is 0 Å². The summed E-state index contributed by atoms with van der Waals surface area (Å²) in [7, 11) is 0. The van der Waals surface area contributed by atoms with E-state index in [2.05, 4.69) is 133 Å². The number of fused-ring (bicyclic) bond motifs is 15. The lowest BCUT2D eigenvalue weighted by Gasteiger charge is -2.40. The number of hydrogen-bond acceptors (Lipinski definition) is 0. The Bertz CT molecular complexity index is 2560. The van der Waals surface area contributed by atoms with E-state index in [1.165, 1.54) is 34.4 Å². The summed E-state index contributed by atoms with van der Waals surface area (Å²) in [4.78, 5) is 0. The summed E-state index contributed by atoms with van der Waals surface area (Å²) in [6.07, 6.45) is 4.69. The van der Waals surface area contributed by atoms with Gasteiger partial charge in [-0.25, -0.2) is 8.78 Å². The molecule has 2 aliphatic rings. The second kappa shape index (κ2) is 9.70. The van der Waals surface area contributed by atoms with Gasteiger partial charge < -0.3 is 0 Å². The third-order valence-electron chi connectivity index (χ3n) is 10.9. The molecule has 0 aliphatic heterocycles. The van der Waals surface area contributed by atoms with Crippen LogP contribution in [-0.2, 0) is 5.41 Å². The summed E-state index contributed by atoms with van der Waals surface area (Å²) in [5.41, 5.74) is 6.60. The van der Waals surface area contributed by atoms with E-state index in [0.717, 1.165) is 54.2 Å². The maximum atomic E-state index is 15.5. The van der Waals surface area contributed by atoms with Crippen LogP contribution in [0.1, 0.15) is 39.3 Å². The van der Waals surface area contributed by atoms with Gasteiger partial charge in [-0.1, -0.05) is 146 Å². The number of benzene rings is 8. The van der Waals surface area contributed by atoms with Crippen LogP contribution in [0, 0.1) is 17.6 Å². The largest absolute Gasteiger partial charge is 0.204 e. The van der Waals surface area contributed by atoms with Crippen LogP contribution >= 0.6 is 0 Å². The zero-order valence-electron chi connectivity index (χ0n) is 25.4. The fraction of sp³-hybridized carbons (Fsp3) is 0.0667. The molecule has 0 amide bonds. The second-order valence-electron chi connectivity index (χ2n) is 13.0. The molecule has 2 aliphatic carbocycles. The normalized spacial score (nSPS) is 17.7. The van der Waals surface area contributed by atoms with Crippen LogP contribution in [-0.4, -0.2) is 0 Å². The Morgan fingerprint density at radius 2 is 0.979 bits per heavy atom. The highest BCUT2D eigenvalue weighted by molar-refractivity contribution is 6.33. The molecular weight excluding hydrogens is 578 g/mol. The van der Waals surface area contributed by atoms with Crippen LogP contribution in [0.3, 0.4) is 0 Å². The first-order valence-corrected chi connectivity index (χ1v) is 16.2. The van der Waals surface area contributed by atoms with Crippen LogP contribution in [0.15, 0.2) is 152 Å². The first kappa shape index (κ1) is 26.6. The van der Waals surface area contributed by atoms with Crippen molar-refractivity contribution < 1.29 is 8.78 Å². The van der Waals surface area contributed by atoms with Gasteiger partial charge in [0.15, 0.2) is 11.6 Å². The fourth-order valence-corrected chi connectivity index (χ4v) is 9.27. The molecule has 47 heavy (non-hydrogen) atoms. The highest BCUT2D eigenvalue weighted by Gasteiger charge is 2.55. The van der Waals surface area contributed by atoms with Crippen molar-refractivity contribution in [2.75, 3.05) is 0 Å². The quantitative estimate of drug-likeness (QED) is 0.172. The predicted octanol–water partition coefficient (Wildman–Crippen LogP) is 11.7. The zero-order chi connectivity index (χ0) is 31.3. The molecule has 2 heteroatoms. The molecule has 0 heterocycles. The van der Waals surface area contributed by atoms with Gasteiger partial charge in [-0.05, 0) is 88.6 Å². The van der Waals surface area contributed by atoms with Crippen molar-refractivity contribution in [2.24, 2.45) is 5.92 Å². The molecule has 8 aromatic rings. The number of allylic oxidation sites excluding steroid dienone is 1. The van der Waals surface area contributed by atoms with Gasteiger partial charge in [0.1, 0.15) is 0 Å². The maximum absolute atomic E-state index is 15.5. The summed E-state index contributed by atoms with van der Waals surface area (Å²) in [5.74, 6) is -1.74.